The lowest BCUT2D eigenvalue weighted by molar-refractivity contribution is -0.152. The number of cyclic esters (lactones) is 1. The molecule has 3 fully saturated rings. The quantitative estimate of drug-likeness (QED) is 0.446. The zero-order valence-electron chi connectivity index (χ0n) is 21.7. The minimum absolute atomic E-state index is 0.206. The predicted molar refractivity (Wildman–Crippen MR) is 134 cm³/mol. The van der Waals surface area contributed by atoms with Gasteiger partial charge in [-0.2, -0.15) is 0 Å². The van der Waals surface area contributed by atoms with Crippen LogP contribution in [0.3, 0.4) is 0 Å². The zero-order chi connectivity index (χ0) is 27.1. The van der Waals surface area contributed by atoms with Gasteiger partial charge in [-0.25, -0.2) is 4.39 Å². The van der Waals surface area contributed by atoms with Crippen LogP contribution in [0, 0.1) is 5.82 Å². The van der Waals surface area contributed by atoms with E-state index in [0.717, 1.165) is 13.1 Å². The van der Waals surface area contributed by atoms with E-state index in [-0.39, 0.29) is 31.4 Å². The first kappa shape index (κ1) is 27.8. The van der Waals surface area contributed by atoms with E-state index >= 15 is 4.39 Å². The molecule has 0 saturated carbocycles. The van der Waals surface area contributed by atoms with Gasteiger partial charge in [0.1, 0.15) is 11.9 Å². The summed E-state index contributed by atoms with van der Waals surface area (Å²) in [6.45, 7) is 6.40. The van der Waals surface area contributed by atoms with Crippen molar-refractivity contribution in [3.8, 4) is 0 Å². The summed E-state index contributed by atoms with van der Waals surface area (Å²) in [7, 11) is 0. The summed E-state index contributed by atoms with van der Waals surface area (Å²) in [6.07, 6.45) is 0.162. The summed E-state index contributed by atoms with van der Waals surface area (Å²) in [6, 6.07) is 4.72. The second-order valence-corrected chi connectivity index (χ2v) is 9.73. The number of carbonyl (C=O) groups is 4. The molecule has 3 saturated heterocycles. The van der Waals surface area contributed by atoms with Crippen LogP contribution in [0.15, 0.2) is 18.2 Å². The number of amides is 2. The highest BCUT2D eigenvalue weighted by molar-refractivity contribution is 5.81. The molecular weight excluding hydrogens is 499 g/mol. The maximum atomic E-state index is 15.0. The van der Waals surface area contributed by atoms with Gasteiger partial charge >= 0.3 is 11.9 Å². The average Bonchev–Trinajstić information content (AvgIpc) is 3.30. The van der Waals surface area contributed by atoms with Gasteiger partial charge in [-0.15, -0.1) is 0 Å². The van der Waals surface area contributed by atoms with Crippen LogP contribution < -0.4 is 10.2 Å². The minimum Gasteiger partial charge on any atom is -0.460 e. The number of anilines is 1. The highest BCUT2D eigenvalue weighted by Gasteiger charge is 2.36. The summed E-state index contributed by atoms with van der Waals surface area (Å²) in [4.78, 5) is 53.5. The van der Waals surface area contributed by atoms with Gasteiger partial charge in [-0.05, 0) is 17.7 Å². The Hall–Kier alpha value is -3.25. The molecule has 1 aromatic carbocycles. The second-order valence-electron chi connectivity index (χ2n) is 9.73. The van der Waals surface area contributed by atoms with E-state index in [9.17, 15) is 19.2 Å². The topological polar surface area (TPSA) is 118 Å². The van der Waals surface area contributed by atoms with E-state index in [2.05, 4.69) is 10.2 Å². The molecule has 3 aliphatic heterocycles. The Kier molecular flexibility index (Phi) is 9.51. The van der Waals surface area contributed by atoms with Crippen molar-refractivity contribution in [3.05, 3.63) is 29.6 Å². The van der Waals surface area contributed by atoms with Crippen molar-refractivity contribution in [1.82, 2.24) is 15.1 Å². The Morgan fingerprint density at radius 1 is 1.11 bits per heavy atom. The van der Waals surface area contributed by atoms with Crippen molar-refractivity contribution in [3.63, 3.8) is 0 Å². The first-order valence-electron chi connectivity index (χ1n) is 13.0. The van der Waals surface area contributed by atoms with E-state index < -0.39 is 29.8 Å². The molecule has 1 aromatic rings. The number of esters is 2. The van der Waals surface area contributed by atoms with Crippen LogP contribution in [0.25, 0.3) is 0 Å². The fourth-order valence-electron chi connectivity index (χ4n) is 4.88. The lowest BCUT2D eigenvalue weighted by atomic mass is 9.95. The lowest BCUT2D eigenvalue weighted by Crippen LogP contribution is -2.50. The van der Waals surface area contributed by atoms with Crippen LogP contribution in [0.5, 0.6) is 0 Å². The smallest absolute Gasteiger partial charge is 0.313 e. The summed E-state index contributed by atoms with van der Waals surface area (Å²) >= 11 is 0. The van der Waals surface area contributed by atoms with Gasteiger partial charge < -0.3 is 29.3 Å². The van der Waals surface area contributed by atoms with Crippen molar-refractivity contribution in [2.45, 2.75) is 31.8 Å². The maximum absolute atomic E-state index is 15.0. The van der Waals surface area contributed by atoms with Crippen LogP contribution in [0.4, 0.5) is 10.1 Å². The van der Waals surface area contributed by atoms with Gasteiger partial charge in [0, 0.05) is 59.2 Å². The molecule has 11 nitrogen and oxygen atoms in total. The molecule has 0 aromatic heterocycles. The maximum Gasteiger partial charge on any atom is 0.313 e. The number of hydrogen-bond donors (Lipinski definition) is 1. The van der Waals surface area contributed by atoms with Crippen molar-refractivity contribution in [2.24, 2.45) is 0 Å². The molecule has 208 valence electrons. The van der Waals surface area contributed by atoms with E-state index in [1.807, 2.05) is 4.90 Å². The molecule has 0 aliphatic carbocycles. The van der Waals surface area contributed by atoms with Crippen LogP contribution >= 0.6 is 0 Å². The Bertz CT molecular complexity index is 1020. The van der Waals surface area contributed by atoms with E-state index in [1.165, 1.54) is 13.0 Å². The minimum atomic E-state index is -0.580. The third kappa shape index (κ3) is 7.41. The molecule has 12 heteroatoms. The number of nitrogens with one attached hydrogen (secondary N) is 1. The third-order valence-corrected chi connectivity index (χ3v) is 7.08. The number of ether oxygens (including phenoxy) is 3. The standard InChI is InChI=1S/C26H35FN4O7/c1-18(32)28-16-20-15-21(26(35)38-20)19-2-3-23(22(27)14-19)30-6-8-31(9-7-30)24(33)17-37-25(34)4-5-29-10-12-36-13-11-29/h2-3,14,20-21H,4-13,15-17H2,1H3,(H,28,32)/t20-,21?/m1/s1. The summed E-state index contributed by atoms with van der Waals surface area (Å²) < 4.78 is 30.8. The summed E-state index contributed by atoms with van der Waals surface area (Å²) in [5.74, 6) is -2.34. The predicted octanol–water partition coefficient (Wildman–Crippen LogP) is 0.275. The number of piperazine rings is 1. The molecule has 1 N–H and O–H groups in total. The molecule has 2 amide bonds. The zero-order valence-corrected chi connectivity index (χ0v) is 21.7. The normalized spacial score (nSPS) is 22.2. The van der Waals surface area contributed by atoms with Gasteiger partial charge in [0.25, 0.3) is 5.91 Å². The highest BCUT2D eigenvalue weighted by atomic mass is 19.1. The van der Waals surface area contributed by atoms with Crippen LogP contribution in [-0.2, 0) is 33.4 Å². The van der Waals surface area contributed by atoms with Crippen LogP contribution in [0.2, 0.25) is 0 Å². The molecule has 0 spiro atoms. The number of halogens is 1. The number of carbonyl (C=O) groups excluding carboxylic acids is 4. The largest absolute Gasteiger partial charge is 0.460 e. The van der Waals surface area contributed by atoms with Crippen molar-refractivity contribution in [2.75, 3.05) is 77.1 Å². The molecule has 0 radical (unpaired) electrons. The molecule has 3 aliphatic rings. The Labute approximate surface area is 221 Å². The summed E-state index contributed by atoms with van der Waals surface area (Å²) in [5, 5.41) is 2.63. The van der Waals surface area contributed by atoms with Crippen molar-refractivity contribution < 1.29 is 37.8 Å². The van der Waals surface area contributed by atoms with Gasteiger partial charge in [0.15, 0.2) is 6.61 Å². The Balaban J connectivity index is 1.21. The first-order chi connectivity index (χ1) is 18.3. The lowest BCUT2D eigenvalue weighted by Gasteiger charge is -2.36. The molecule has 0 bridgehead atoms. The Morgan fingerprint density at radius 2 is 1.84 bits per heavy atom. The monoisotopic (exact) mass is 534 g/mol. The Morgan fingerprint density at radius 3 is 2.53 bits per heavy atom. The molecular formula is C26H35FN4O7. The van der Waals surface area contributed by atoms with Crippen molar-refractivity contribution >= 4 is 29.4 Å². The van der Waals surface area contributed by atoms with E-state index in [4.69, 9.17) is 14.2 Å². The van der Waals surface area contributed by atoms with Crippen LogP contribution in [0.1, 0.15) is 31.2 Å². The molecule has 2 atom stereocenters. The van der Waals surface area contributed by atoms with Gasteiger partial charge in [0.05, 0.1) is 37.8 Å². The SMILES string of the molecule is CC(=O)NC[C@H]1CC(c2ccc(N3CCN(C(=O)COC(=O)CCN4CCOCC4)CC3)c(F)c2)C(=O)O1. The third-order valence-electron chi connectivity index (χ3n) is 7.08. The average molecular weight is 535 g/mol. The number of morpholine rings is 1. The number of hydrogen-bond acceptors (Lipinski definition) is 9. The fourth-order valence-corrected chi connectivity index (χ4v) is 4.88. The molecule has 4 rings (SSSR count). The number of rotatable bonds is 9. The fraction of sp³-hybridized carbons (Fsp3) is 0.615. The first-order valence-corrected chi connectivity index (χ1v) is 13.0. The summed E-state index contributed by atoms with van der Waals surface area (Å²) in [5.41, 5.74) is 0.933. The second kappa shape index (κ2) is 13.0. The molecule has 3 heterocycles. The van der Waals surface area contributed by atoms with E-state index in [0.29, 0.717) is 63.6 Å². The van der Waals surface area contributed by atoms with Gasteiger partial charge in [-0.1, -0.05) is 6.07 Å². The molecule has 38 heavy (non-hydrogen) atoms. The highest BCUT2D eigenvalue weighted by Crippen LogP contribution is 2.33. The van der Waals surface area contributed by atoms with E-state index in [1.54, 1.807) is 17.0 Å². The molecule has 1 unspecified atom stereocenters. The number of benzene rings is 1. The van der Waals surface area contributed by atoms with Gasteiger partial charge in [0.2, 0.25) is 5.91 Å². The number of nitrogens with zero attached hydrogens (tertiary/aromatic N) is 3. The van der Waals surface area contributed by atoms with Crippen molar-refractivity contribution in [1.29, 1.82) is 0 Å². The van der Waals surface area contributed by atoms with Crippen LogP contribution in [-0.4, -0.2) is 112 Å². The van der Waals surface area contributed by atoms with Gasteiger partial charge in [-0.3, -0.25) is 24.1 Å².